The van der Waals surface area contributed by atoms with Crippen molar-refractivity contribution in [2.75, 3.05) is 11.9 Å². The van der Waals surface area contributed by atoms with Crippen molar-refractivity contribution in [2.24, 2.45) is 0 Å². The molecule has 142 valence electrons. The van der Waals surface area contributed by atoms with Gasteiger partial charge in [0.05, 0.1) is 17.8 Å². The number of hydrogen-bond donors (Lipinski definition) is 2. The normalized spacial score (nSPS) is 13.1. The number of fused-ring (bicyclic) bond motifs is 1. The van der Waals surface area contributed by atoms with E-state index in [2.05, 4.69) is 15.3 Å². The molecule has 2 aromatic carbocycles. The molecule has 0 aliphatic carbocycles. The lowest BCUT2D eigenvalue weighted by Crippen LogP contribution is -2.41. The number of halogens is 1. The Morgan fingerprint density at radius 1 is 1.14 bits per heavy atom. The zero-order chi connectivity index (χ0) is 19.7. The van der Waals surface area contributed by atoms with Gasteiger partial charge in [-0.1, -0.05) is 17.7 Å². The van der Waals surface area contributed by atoms with Crippen LogP contribution in [0.1, 0.15) is 16.8 Å². The van der Waals surface area contributed by atoms with Crippen LogP contribution in [0.25, 0.3) is 11.4 Å². The van der Waals surface area contributed by atoms with Crippen LogP contribution in [0.15, 0.2) is 53.3 Å². The maximum atomic E-state index is 13.1. The van der Waals surface area contributed by atoms with Crippen LogP contribution in [0.4, 0.5) is 14.9 Å². The molecule has 0 radical (unpaired) electrons. The van der Waals surface area contributed by atoms with Gasteiger partial charge in [-0.3, -0.25) is 4.79 Å². The smallest absolute Gasteiger partial charge is 0.320 e. The van der Waals surface area contributed by atoms with Crippen molar-refractivity contribution in [1.82, 2.24) is 14.9 Å². The van der Waals surface area contributed by atoms with Crippen LogP contribution in [0.3, 0.4) is 0 Å². The fourth-order valence-corrected chi connectivity index (χ4v) is 3.18. The van der Waals surface area contributed by atoms with Gasteiger partial charge >= 0.3 is 6.03 Å². The first-order valence-corrected chi connectivity index (χ1v) is 9.00. The maximum absolute atomic E-state index is 13.1. The van der Waals surface area contributed by atoms with Gasteiger partial charge in [0.25, 0.3) is 5.56 Å². The first-order valence-electron chi connectivity index (χ1n) is 9.00. The third-order valence-electron chi connectivity index (χ3n) is 4.78. The van der Waals surface area contributed by atoms with E-state index >= 15 is 0 Å². The minimum atomic E-state index is -0.348. The molecule has 0 unspecified atom stereocenters. The molecule has 4 rings (SSSR count). The lowest BCUT2D eigenvalue weighted by Gasteiger charge is -2.28. The van der Waals surface area contributed by atoms with Gasteiger partial charge in [-0.15, -0.1) is 0 Å². The van der Waals surface area contributed by atoms with Crippen LogP contribution in [-0.2, 0) is 13.0 Å². The quantitative estimate of drug-likeness (QED) is 0.717. The third kappa shape index (κ3) is 3.64. The van der Waals surface area contributed by atoms with Gasteiger partial charge in [0.1, 0.15) is 11.6 Å². The second-order valence-electron chi connectivity index (χ2n) is 6.81. The topological polar surface area (TPSA) is 78.1 Å². The number of anilines is 1. The zero-order valence-electron chi connectivity index (χ0n) is 15.3. The second kappa shape index (κ2) is 7.26. The Bertz CT molecular complexity index is 1080. The molecule has 6 nitrogen and oxygen atoms in total. The standard InChI is InChI=1S/C21H19FN4O2/c1-13-2-8-16(9-3-13)23-21(28)26-11-10-18-17(12-26)20(27)25-19(24-18)14-4-6-15(22)7-5-14/h2-9H,10-12H2,1H3,(H,23,28)(H,24,25,27). The first-order chi connectivity index (χ1) is 13.5. The minimum Gasteiger partial charge on any atom is -0.320 e. The van der Waals surface area contributed by atoms with E-state index < -0.39 is 0 Å². The summed E-state index contributed by atoms with van der Waals surface area (Å²) in [5.41, 5.74) is 3.33. The van der Waals surface area contributed by atoms with Gasteiger partial charge in [-0.25, -0.2) is 14.2 Å². The predicted octanol–water partition coefficient (Wildman–Crippen LogP) is 3.47. The summed E-state index contributed by atoms with van der Waals surface area (Å²) in [6.45, 7) is 2.63. The molecular weight excluding hydrogens is 359 g/mol. The molecule has 0 saturated heterocycles. The van der Waals surface area contributed by atoms with Crippen LogP contribution >= 0.6 is 0 Å². The Kier molecular flexibility index (Phi) is 4.65. The summed E-state index contributed by atoms with van der Waals surface area (Å²) in [4.78, 5) is 34.0. The summed E-state index contributed by atoms with van der Waals surface area (Å²) in [5, 5.41) is 2.85. The molecular formula is C21H19FN4O2. The fourth-order valence-electron chi connectivity index (χ4n) is 3.18. The number of urea groups is 1. The van der Waals surface area contributed by atoms with E-state index in [4.69, 9.17) is 0 Å². The maximum Gasteiger partial charge on any atom is 0.322 e. The molecule has 0 atom stereocenters. The SMILES string of the molecule is Cc1ccc(NC(=O)N2CCc3nc(-c4ccc(F)cc4)[nH]c(=O)c3C2)cc1. The number of nitrogens with zero attached hydrogens (tertiary/aromatic N) is 2. The van der Waals surface area contributed by atoms with Gasteiger partial charge in [0.2, 0.25) is 0 Å². The van der Waals surface area contributed by atoms with Crippen molar-refractivity contribution >= 4 is 11.7 Å². The number of carbonyl (C=O) groups is 1. The number of H-pyrrole nitrogens is 1. The number of aromatic nitrogens is 2. The zero-order valence-corrected chi connectivity index (χ0v) is 15.3. The Morgan fingerprint density at radius 3 is 2.57 bits per heavy atom. The first kappa shape index (κ1) is 17.9. The summed E-state index contributed by atoms with van der Waals surface area (Å²) in [7, 11) is 0. The molecule has 28 heavy (non-hydrogen) atoms. The summed E-state index contributed by atoms with van der Waals surface area (Å²) in [5.74, 6) is 0.0561. The van der Waals surface area contributed by atoms with Gasteiger partial charge in [-0.05, 0) is 43.3 Å². The Labute approximate surface area is 161 Å². The Morgan fingerprint density at radius 2 is 1.86 bits per heavy atom. The van der Waals surface area contributed by atoms with Crippen molar-refractivity contribution in [3.63, 3.8) is 0 Å². The molecule has 2 heterocycles. The van der Waals surface area contributed by atoms with E-state index in [1.165, 1.54) is 12.1 Å². The van der Waals surface area contributed by atoms with Crippen molar-refractivity contribution in [3.8, 4) is 11.4 Å². The van der Waals surface area contributed by atoms with E-state index in [-0.39, 0.29) is 24.0 Å². The number of aromatic amines is 1. The monoisotopic (exact) mass is 378 g/mol. The van der Waals surface area contributed by atoms with Crippen LogP contribution in [-0.4, -0.2) is 27.4 Å². The van der Waals surface area contributed by atoms with Gasteiger partial charge in [0, 0.05) is 24.2 Å². The number of benzene rings is 2. The van der Waals surface area contributed by atoms with E-state index in [9.17, 15) is 14.0 Å². The second-order valence-corrected chi connectivity index (χ2v) is 6.81. The molecule has 7 heteroatoms. The molecule has 0 spiro atoms. The Hall–Kier alpha value is -3.48. The molecule has 0 fully saturated rings. The summed E-state index contributed by atoms with van der Waals surface area (Å²) in [6, 6.07) is 13.1. The van der Waals surface area contributed by atoms with Crippen LogP contribution in [0.2, 0.25) is 0 Å². The van der Waals surface area contributed by atoms with Crippen LogP contribution < -0.4 is 10.9 Å². The highest BCUT2D eigenvalue weighted by Crippen LogP contribution is 2.20. The van der Waals surface area contributed by atoms with Gasteiger partial charge < -0.3 is 15.2 Å². The highest BCUT2D eigenvalue weighted by molar-refractivity contribution is 5.89. The molecule has 1 aliphatic heterocycles. The van der Waals surface area contributed by atoms with Crippen molar-refractivity contribution in [2.45, 2.75) is 19.9 Å². The predicted molar refractivity (Wildman–Crippen MR) is 105 cm³/mol. The Balaban J connectivity index is 1.53. The van der Waals surface area contributed by atoms with Crippen molar-refractivity contribution < 1.29 is 9.18 Å². The van der Waals surface area contributed by atoms with Gasteiger partial charge in [0.15, 0.2) is 0 Å². The van der Waals surface area contributed by atoms with Crippen LogP contribution in [0.5, 0.6) is 0 Å². The highest BCUT2D eigenvalue weighted by atomic mass is 19.1. The lowest BCUT2D eigenvalue weighted by molar-refractivity contribution is 0.205. The molecule has 1 aromatic heterocycles. The molecule has 3 aromatic rings. The molecule has 2 N–H and O–H groups in total. The average Bonchev–Trinajstić information content (AvgIpc) is 2.70. The number of nitrogens with one attached hydrogen (secondary N) is 2. The van der Waals surface area contributed by atoms with E-state index in [0.717, 1.165) is 5.56 Å². The van der Waals surface area contributed by atoms with Crippen molar-refractivity contribution in [3.05, 3.63) is 81.5 Å². The molecule has 0 saturated carbocycles. The number of aryl methyl sites for hydroxylation is 1. The summed E-state index contributed by atoms with van der Waals surface area (Å²) < 4.78 is 13.1. The number of amides is 2. The molecule has 1 aliphatic rings. The number of hydrogen-bond acceptors (Lipinski definition) is 3. The molecule has 2 amide bonds. The fraction of sp³-hybridized carbons (Fsp3) is 0.190. The van der Waals surface area contributed by atoms with E-state index in [1.807, 2.05) is 31.2 Å². The summed E-state index contributed by atoms with van der Waals surface area (Å²) >= 11 is 0. The van der Waals surface area contributed by atoms with Crippen LogP contribution in [0, 0.1) is 12.7 Å². The average molecular weight is 378 g/mol. The summed E-state index contributed by atoms with van der Waals surface area (Å²) in [6.07, 6.45) is 0.481. The molecule has 0 bridgehead atoms. The van der Waals surface area contributed by atoms with E-state index in [0.29, 0.717) is 41.3 Å². The lowest BCUT2D eigenvalue weighted by atomic mass is 10.1. The van der Waals surface area contributed by atoms with E-state index in [1.54, 1.807) is 17.0 Å². The van der Waals surface area contributed by atoms with Crippen molar-refractivity contribution in [1.29, 1.82) is 0 Å². The number of rotatable bonds is 2. The largest absolute Gasteiger partial charge is 0.322 e. The highest BCUT2D eigenvalue weighted by Gasteiger charge is 2.24. The third-order valence-corrected chi connectivity index (χ3v) is 4.78. The van der Waals surface area contributed by atoms with Gasteiger partial charge in [-0.2, -0.15) is 0 Å². The minimum absolute atomic E-state index is 0.194. The number of carbonyl (C=O) groups excluding carboxylic acids is 1.